The first kappa shape index (κ1) is 12.9. The van der Waals surface area contributed by atoms with Crippen molar-refractivity contribution in [3.63, 3.8) is 0 Å². The van der Waals surface area contributed by atoms with Crippen LogP contribution in [-0.2, 0) is 4.74 Å². The highest BCUT2D eigenvalue weighted by Crippen LogP contribution is 2.06. The predicted octanol–water partition coefficient (Wildman–Crippen LogP) is 2.03. The molecule has 0 fully saturated rings. The topological polar surface area (TPSA) is 34.1 Å². The fourth-order valence-corrected chi connectivity index (χ4v) is 1.35. The summed E-state index contributed by atoms with van der Waals surface area (Å²) in [6.45, 7) is 4.76. The molecule has 0 aliphatic heterocycles. The van der Waals surface area contributed by atoms with Gasteiger partial charge >= 0.3 is 0 Å². The van der Waals surface area contributed by atoms with Gasteiger partial charge < -0.3 is 10.1 Å². The first-order valence-corrected chi connectivity index (χ1v) is 5.61. The highest BCUT2D eigenvalue weighted by atomic mass is 16.5. The van der Waals surface area contributed by atoms with E-state index in [0.717, 1.165) is 26.1 Å². The summed E-state index contributed by atoms with van der Waals surface area (Å²) in [6, 6.07) is 2.02. The Hall–Kier alpha value is -1.19. The molecular weight excluding hydrogens is 200 g/mol. The molecule has 1 aromatic heterocycles. The second kappa shape index (κ2) is 8.02. The molecule has 0 aromatic carbocycles. The van der Waals surface area contributed by atoms with Crippen molar-refractivity contribution in [2.45, 2.75) is 13.3 Å². The van der Waals surface area contributed by atoms with Gasteiger partial charge in [0.05, 0.1) is 6.61 Å². The summed E-state index contributed by atoms with van der Waals surface area (Å²) in [5.74, 6) is 0. The number of methoxy groups -OCH3 is 1. The van der Waals surface area contributed by atoms with E-state index in [0.29, 0.717) is 0 Å². The molecule has 0 bridgehead atoms. The first-order chi connectivity index (χ1) is 7.84. The molecule has 88 valence electrons. The molecule has 0 aliphatic rings. The van der Waals surface area contributed by atoms with Crippen molar-refractivity contribution in [1.82, 2.24) is 10.3 Å². The van der Waals surface area contributed by atoms with Crippen LogP contribution in [0, 0.1) is 6.92 Å². The predicted molar refractivity (Wildman–Crippen MR) is 67.4 cm³/mol. The van der Waals surface area contributed by atoms with Crippen LogP contribution in [0.3, 0.4) is 0 Å². The van der Waals surface area contributed by atoms with Crippen LogP contribution in [-0.4, -0.2) is 31.8 Å². The van der Waals surface area contributed by atoms with E-state index in [1.54, 1.807) is 7.11 Å². The average molecular weight is 220 g/mol. The fraction of sp³-hybridized carbons (Fsp3) is 0.462. The largest absolute Gasteiger partial charge is 0.383 e. The van der Waals surface area contributed by atoms with Gasteiger partial charge in [-0.1, -0.05) is 12.2 Å². The molecule has 0 amide bonds. The Morgan fingerprint density at radius 1 is 1.44 bits per heavy atom. The average Bonchev–Trinajstić information content (AvgIpc) is 2.30. The van der Waals surface area contributed by atoms with E-state index in [4.69, 9.17) is 4.74 Å². The van der Waals surface area contributed by atoms with E-state index in [9.17, 15) is 0 Å². The van der Waals surface area contributed by atoms with Crippen molar-refractivity contribution >= 4 is 6.08 Å². The number of aromatic nitrogens is 1. The van der Waals surface area contributed by atoms with E-state index in [2.05, 4.69) is 29.4 Å². The lowest BCUT2D eigenvalue weighted by molar-refractivity contribution is 0.199. The zero-order chi connectivity index (χ0) is 11.6. The number of hydrogen-bond donors (Lipinski definition) is 1. The van der Waals surface area contributed by atoms with Crippen LogP contribution in [0.5, 0.6) is 0 Å². The summed E-state index contributed by atoms with van der Waals surface area (Å²) in [7, 11) is 1.72. The normalized spacial score (nSPS) is 11.1. The molecule has 1 rings (SSSR count). The standard InChI is InChI=1S/C13H20N2O/c1-12-6-8-15-11-13(12)5-3-4-7-14-9-10-16-2/h3,5-6,8,11,14H,4,7,9-10H2,1-2H3. The van der Waals surface area contributed by atoms with Gasteiger partial charge in [-0.25, -0.2) is 0 Å². The molecule has 16 heavy (non-hydrogen) atoms. The van der Waals surface area contributed by atoms with Crippen molar-refractivity contribution in [3.05, 3.63) is 35.7 Å². The summed E-state index contributed by atoms with van der Waals surface area (Å²) < 4.78 is 4.94. The van der Waals surface area contributed by atoms with Gasteiger partial charge in [-0.2, -0.15) is 0 Å². The lowest BCUT2D eigenvalue weighted by atomic mass is 10.1. The maximum Gasteiger partial charge on any atom is 0.0587 e. The first-order valence-electron chi connectivity index (χ1n) is 5.61. The Morgan fingerprint density at radius 3 is 3.06 bits per heavy atom. The summed E-state index contributed by atoms with van der Waals surface area (Å²) in [5, 5.41) is 3.30. The third kappa shape index (κ3) is 5.05. The number of ether oxygens (including phenoxy) is 1. The summed E-state index contributed by atoms with van der Waals surface area (Å²) in [5.41, 5.74) is 2.46. The minimum absolute atomic E-state index is 0.769. The number of pyridine rings is 1. The van der Waals surface area contributed by atoms with Crippen LogP contribution < -0.4 is 5.32 Å². The lowest BCUT2D eigenvalue weighted by Gasteiger charge is -2.01. The number of nitrogens with one attached hydrogen (secondary N) is 1. The third-order valence-corrected chi connectivity index (χ3v) is 2.35. The highest BCUT2D eigenvalue weighted by molar-refractivity contribution is 5.51. The van der Waals surface area contributed by atoms with Crippen LogP contribution >= 0.6 is 0 Å². The zero-order valence-corrected chi connectivity index (χ0v) is 10.1. The van der Waals surface area contributed by atoms with Gasteiger partial charge in [0.25, 0.3) is 0 Å². The SMILES string of the molecule is COCCNCCC=Cc1cnccc1C. The monoisotopic (exact) mass is 220 g/mol. The molecule has 1 N–H and O–H groups in total. The van der Waals surface area contributed by atoms with Gasteiger partial charge in [-0.3, -0.25) is 4.98 Å². The Balaban J connectivity index is 2.20. The second-order valence-electron chi connectivity index (χ2n) is 3.67. The van der Waals surface area contributed by atoms with E-state index < -0.39 is 0 Å². The van der Waals surface area contributed by atoms with E-state index in [1.165, 1.54) is 11.1 Å². The van der Waals surface area contributed by atoms with Gasteiger partial charge in [0.15, 0.2) is 0 Å². The van der Waals surface area contributed by atoms with Gasteiger partial charge in [0.1, 0.15) is 0 Å². The van der Waals surface area contributed by atoms with Crippen molar-refractivity contribution in [2.75, 3.05) is 26.8 Å². The lowest BCUT2D eigenvalue weighted by Crippen LogP contribution is -2.19. The van der Waals surface area contributed by atoms with Gasteiger partial charge in [0, 0.05) is 26.0 Å². The third-order valence-electron chi connectivity index (χ3n) is 2.35. The molecule has 0 radical (unpaired) electrons. The molecule has 3 nitrogen and oxygen atoms in total. The molecule has 1 aromatic rings. The number of nitrogens with zero attached hydrogens (tertiary/aromatic N) is 1. The highest BCUT2D eigenvalue weighted by Gasteiger charge is 1.91. The van der Waals surface area contributed by atoms with Crippen LogP contribution in [0.25, 0.3) is 6.08 Å². The van der Waals surface area contributed by atoms with Crippen molar-refractivity contribution < 1.29 is 4.74 Å². The smallest absolute Gasteiger partial charge is 0.0587 e. The minimum atomic E-state index is 0.769. The molecule has 0 atom stereocenters. The number of hydrogen-bond acceptors (Lipinski definition) is 3. The molecule has 0 spiro atoms. The summed E-state index contributed by atoms with van der Waals surface area (Å²) >= 11 is 0. The molecule has 0 unspecified atom stereocenters. The zero-order valence-electron chi connectivity index (χ0n) is 10.1. The summed E-state index contributed by atoms with van der Waals surface area (Å²) in [6.07, 6.45) is 9.03. The molecule has 1 heterocycles. The fourth-order valence-electron chi connectivity index (χ4n) is 1.35. The number of aryl methyl sites for hydroxylation is 1. The maximum atomic E-state index is 4.94. The van der Waals surface area contributed by atoms with Crippen LogP contribution in [0.2, 0.25) is 0 Å². The number of rotatable bonds is 7. The Morgan fingerprint density at radius 2 is 2.31 bits per heavy atom. The van der Waals surface area contributed by atoms with Gasteiger partial charge in [-0.15, -0.1) is 0 Å². The molecule has 0 saturated heterocycles. The quantitative estimate of drug-likeness (QED) is 0.714. The van der Waals surface area contributed by atoms with E-state index in [1.807, 2.05) is 18.5 Å². The Kier molecular flexibility index (Phi) is 6.45. The second-order valence-corrected chi connectivity index (χ2v) is 3.67. The van der Waals surface area contributed by atoms with Crippen molar-refractivity contribution in [1.29, 1.82) is 0 Å². The van der Waals surface area contributed by atoms with E-state index in [-0.39, 0.29) is 0 Å². The van der Waals surface area contributed by atoms with Gasteiger partial charge in [-0.05, 0) is 37.1 Å². The minimum Gasteiger partial charge on any atom is -0.383 e. The van der Waals surface area contributed by atoms with Crippen molar-refractivity contribution in [3.8, 4) is 0 Å². The van der Waals surface area contributed by atoms with Crippen molar-refractivity contribution in [2.24, 2.45) is 0 Å². The van der Waals surface area contributed by atoms with Gasteiger partial charge in [0.2, 0.25) is 0 Å². The maximum absolute atomic E-state index is 4.94. The van der Waals surface area contributed by atoms with E-state index >= 15 is 0 Å². The Labute approximate surface area is 97.5 Å². The summed E-state index contributed by atoms with van der Waals surface area (Å²) in [4.78, 5) is 4.10. The molecule has 3 heteroatoms. The van der Waals surface area contributed by atoms with Crippen LogP contribution in [0.15, 0.2) is 24.5 Å². The molecule has 0 saturated carbocycles. The van der Waals surface area contributed by atoms with Crippen LogP contribution in [0.4, 0.5) is 0 Å². The Bertz CT molecular complexity index is 323. The van der Waals surface area contributed by atoms with Crippen LogP contribution in [0.1, 0.15) is 17.5 Å². The molecular formula is C13H20N2O. The molecule has 0 aliphatic carbocycles.